The van der Waals surface area contributed by atoms with Gasteiger partial charge in [0.05, 0.1) is 5.71 Å². The van der Waals surface area contributed by atoms with Crippen molar-refractivity contribution >= 4 is 11.5 Å². The van der Waals surface area contributed by atoms with Crippen LogP contribution in [0.1, 0.15) is 18.4 Å². The Kier molecular flexibility index (Phi) is 3.66. The van der Waals surface area contributed by atoms with Gasteiger partial charge in [-0.1, -0.05) is 30.3 Å². The van der Waals surface area contributed by atoms with Crippen LogP contribution < -0.4 is 16.7 Å². The van der Waals surface area contributed by atoms with Crippen LogP contribution in [-0.2, 0) is 14.1 Å². The van der Waals surface area contributed by atoms with Gasteiger partial charge >= 0.3 is 5.69 Å². The molecule has 1 aromatic heterocycles. The number of anilines is 1. The van der Waals surface area contributed by atoms with Crippen LogP contribution in [0.25, 0.3) is 0 Å². The molecule has 1 saturated carbocycles. The van der Waals surface area contributed by atoms with E-state index in [4.69, 9.17) is 0 Å². The van der Waals surface area contributed by atoms with E-state index in [0.717, 1.165) is 28.7 Å². The van der Waals surface area contributed by atoms with Crippen molar-refractivity contribution in [3.63, 3.8) is 0 Å². The Hall–Kier alpha value is -2.63. The molecule has 0 amide bonds. The average Bonchev–Trinajstić information content (AvgIpc) is 3.36. The first-order valence-electron chi connectivity index (χ1n) is 7.24. The smallest absolute Gasteiger partial charge is 0.281 e. The number of hydrogen-bond donors (Lipinski definition) is 1. The van der Waals surface area contributed by atoms with Gasteiger partial charge in [-0.25, -0.2) is 4.79 Å². The van der Waals surface area contributed by atoms with E-state index in [1.165, 1.54) is 17.7 Å². The maximum atomic E-state index is 11.9. The fraction of sp³-hybridized carbons (Fsp3) is 0.312. The van der Waals surface area contributed by atoms with Crippen molar-refractivity contribution in [2.75, 3.05) is 5.43 Å². The zero-order valence-electron chi connectivity index (χ0n) is 12.6. The second kappa shape index (κ2) is 5.63. The third kappa shape index (κ3) is 2.72. The molecule has 0 aliphatic heterocycles. The zero-order chi connectivity index (χ0) is 15.7. The largest absolute Gasteiger partial charge is 0.332 e. The molecular formula is C16H18N4O2. The van der Waals surface area contributed by atoms with Gasteiger partial charge < -0.3 is 0 Å². The molecule has 1 heterocycles. The van der Waals surface area contributed by atoms with Crippen LogP contribution in [0.4, 0.5) is 5.82 Å². The second-order valence-corrected chi connectivity index (χ2v) is 5.52. The summed E-state index contributed by atoms with van der Waals surface area (Å²) in [4.78, 5) is 23.6. The second-order valence-electron chi connectivity index (χ2n) is 5.52. The predicted molar refractivity (Wildman–Crippen MR) is 86.2 cm³/mol. The van der Waals surface area contributed by atoms with Crippen molar-refractivity contribution in [2.24, 2.45) is 25.1 Å². The summed E-state index contributed by atoms with van der Waals surface area (Å²) in [5.74, 6) is 0.834. The Bertz CT molecular complexity index is 829. The summed E-state index contributed by atoms with van der Waals surface area (Å²) in [5, 5.41) is 4.46. The monoisotopic (exact) mass is 298 g/mol. The normalized spacial score (nSPS) is 14.9. The molecule has 0 saturated heterocycles. The molecule has 6 heteroatoms. The van der Waals surface area contributed by atoms with Crippen LogP contribution in [0, 0.1) is 5.92 Å². The number of nitrogens with zero attached hydrogens (tertiary/aromatic N) is 3. The molecule has 2 aromatic rings. The van der Waals surface area contributed by atoms with Gasteiger partial charge in [0.2, 0.25) is 0 Å². The Morgan fingerprint density at radius 2 is 1.82 bits per heavy atom. The molecule has 0 spiro atoms. The third-order valence-electron chi connectivity index (χ3n) is 3.85. The van der Waals surface area contributed by atoms with Gasteiger partial charge in [-0.2, -0.15) is 5.10 Å². The highest BCUT2D eigenvalue weighted by atomic mass is 16.2. The van der Waals surface area contributed by atoms with Gasteiger partial charge in [-0.15, -0.1) is 0 Å². The summed E-state index contributed by atoms with van der Waals surface area (Å²) in [6.07, 6.45) is 2.23. The molecule has 0 bridgehead atoms. The van der Waals surface area contributed by atoms with Gasteiger partial charge in [0.15, 0.2) is 0 Å². The topological polar surface area (TPSA) is 68.4 Å². The summed E-state index contributed by atoms with van der Waals surface area (Å²) in [5.41, 5.74) is 4.18. The van der Waals surface area contributed by atoms with Crippen molar-refractivity contribution in [2.45, 2.75) is 12.8 Å². The van der Waals surface area contributed by atoms with Crippen LogP contribution in [0.2, 0.25) is 0 Å². The van der Waals surface area contributed by atoms with E-state index in [-0.39, 0.29) is 11.2 Å². The van der Waals surface area contributed by atoms with Crippen LogP contribution in [0.15, 0.2) is 51.1 Å². The first-order valence-corrected chi connectivity index (χ1v) is 7.24. The average molecular weight is 298 g/mol. The standard InChI is InChI=1S/C16H18N4O2/c1-19-13(10-14(21)20(2)16(19)22)17-18-15(12-8-9-12)11-6-4-3-5-7-11/h3-7,10,12,17H,8-9H2,1-2H3. The number of hydrazone groups is 1. The molecular weight excluding hydrogens is 280 g/mol. The van der Waals surface area contributed by atoms with Gasteiger partial charge in [0, 0.05) is 26.1 Å². The summed E-state index contributed by atoms with van der Waals surface area (Å²) in [6, 6.07) is 11.3. The van der Waals surface area contributed by atoms with E-state index in [1.54, 1.807) is 7.05 Å². The van der Waals surface area contributed by atoms with Crippen LogP contribution in [0.5, 0.6) is 0 Å². The van der Waals surface area contributed by atoms with E-state index < -0.39 is 0 Å². The predicted octanol–water partition coefficient (Wildman–Crippen LogP) is 1.31. The van der Waals surface area contributed by atoms with Crippen LogP contribution in [-0.4, -0.2) is 14.8 Å². The number of benzene rings is 1. The fourth-order valence-corrected chi connectivity index (χ4v) is 2.31. The minimum absolute atomic E-state index is 0.353. The maximum absolute atomic E-state index is 11.9. The van der Waals surface area contributed by atoms with Crippen molar-refractivity contribution in [3.05, 3.63) is 62.8 Å². The van der Waals surface area contributed by atoms with E-state index in [1.807, 2.05) is 30.3 Å². The van der Waals surface area contributed by atoms with E-state index >= 15 is 0 Å². The van der Waals surface area contributed by atoms with Crippen molar-refractivity contribution in [3.8, 4) is 0 Å². The lowest BCUT2D eigenvalue weighted by Crippen LogP contribution is -2.37. The quantitative estimate of drug-likeness (QED) is 0.683. The first-order chi connectivity index (χ1) is 10.6. The van der Waals surface area contributed by atoms with Gasteiger partial charge in [0.25, 0.3) is 5.56 Å². The molecule has 6 nitrogen and oxygen atoms in total. The van der Waals surface area contributed by atoms with Crippen molar-refractivity contribution < 1.29 is 0 Å². The third-order valence-corrected chi connectivity index (χ3v) is 3.85. The number of hydrogen-bond acceptors (Lipinski definition) is 4. The van der Waals surface area contributed by atoms with Crippen molar-refractivity contribution in [1.82, 2.24) is 9.13 Å². The highest BCUT2D eigenvalue weighted by Crippen LogP contribution is 2.33. The molecule has 1 aliphatic rings. The molecule has 1 fully saturated rings. The summed E-state index contributed by atoms with van der Waals surface area (Å²) < 4.78 is 2.44. The lowest BCUT2D eigenvalue weighted by molar-refractivity contribution is 0.690. The molecule has 0 radical (unpaired) electrons. The summed E-state index contributed by atoms with van der Waals surface area (Å²) in [6.45, 7) is 0. The Morgan fingerprint density at radius 1 is 1.14 bits per heavy atom. The summed E-state index contributed by atoms with van der Waals surface area (Å²) in [7, 11) is 3.07. The maximum Gasteiger partial charge on any atom is 0.332 e. The number of nitrogens with one attached hydrogen (secondary N) is 1. The zero-order valence-corrected chi connectivity index (χ0v) is 12.6. The SMILES string of the molecule is Cn1c(NN=C(c2ccccc2)C2CC2)cc(=O)n(C)c1=O. The van der Waals surface area contributed by atoms with Crippen molar-refractivity contribution in [1.29, 1.82) is 0 Å². The molecule has 3 rings (SSSR count). The Labute approximate surface area is 127 Å². The lowest BCUT2D eigenvalue weighted by Gasteiger charge is -2.10. The van der Waals surface area contributed by atoms with Gasteiger partial charge in [-0.05, 0) is 18.4 Å². The molecule has 22 heavy (non-hydrogen) atoms. The molecule has 1 aromatic carbocycles. The molecule has 1 aliphatic carbocycles. The molecule has 0 atom stereocenters. The lowest BCUT2D eigenvalue weighted by atomic mass is 10.1. The van der Waals surface area contributed by atoms with E-state index in [0.29, 0.717) is 11.7 Å². The fourth-order valence-electron chi connectivity index (χ4n) is 2.31. The highest BCUT2D eigenvalue weighted by molar-refractivity contribution is 6.03. The molecule has 1 N–H and O–H groups in total. The summed E-state index contributed by atoms with van der Waals surface area (Å²) >= 11 is 0. The number of rotatable bonds is 4. The van der Waals surface area contributed by atoms with E-state index in [2.05, 4.69) is 10.5 Å². The van der Waals surface area contributed by atoms with Crippen LogP contribution >= 0.6 is 0 Å². The van der Waals surface area contributed by atoms with Crippen LogP contribution in [0.3, 0.4) is 0 Å². The minimum atomic E-state index is -0.377. The highest BCUT2D eigenvalue weighted by Gasteiger charge is 2.28. The minimum Gasteiger partial charge on any atom is -0.281 e. The van der Waals surface area contributed by atoms with E-state index in [9.17, 15) is 9.59 Å². The van der Waals surface area contributed by atoms with Gasteiger partial charge in [-0.3, -0.25) is 19.4 Å². The van der Waals surface area contributed by atoms with Gasteiger partial charge in [0.1, 0.15) is 5.82 Å². The Morgan fingerprint density at radius 3 is 2.45 bits per heavy atom. The Balaban J connectivity index is 1.96. The molecule has 0 unspecified atom stereocenters. The number of aromatic nitrogens is 2. The molecule has 114 valence electrons. The first kappa shape index (κ1) is 14.3.